The van der Waals surface area contributed by atoms with E-state index >= 15 is 0 Å². The Bertz CT molecular complexity index is 1640. The summed E-state index contributed by atoms with van der Waals surface area (Å²) in [5, 5.41) is 188. The highest BCUT2D eigenvalue weighted by Crippen LogP contribution is 2.38. The van der Waals surface area contributed by atoms with Crippen LogP contribution in [0, 0.1) is 0 Å². The second kappa shape index (κ2) is 25.5. The maximum absolute atomic E-state index is 11.8. The summed E-state index contributed by atoms with van der Waals surface area (Å²) in [5.74, 6) is 0. The molecule has 22 heterocycles. The second-order valence-electron chi connectivity index (χ2n) is 18.8. The van der Waals surface area contributed by atoms with Crippen LogP contribution >= 0.6 is 0 Å². The van der Waals surface area contributed by atoms with E-state index in [4.69, 9.17) is 61.6 Å². The molecule has 31 nitrogen and oxygen atoms in total. The molecule has 22 fully saturated rings. The molecule has 30 atom stereocenters. The van der Waals surface area contributed by atoms with Gasteiger partial charge in [0.2, 0.25) is 0 Å². The fourth-order valence-corrected chi connectivity index (χ4v) is 9.70. The van der Waals surface area contributed by atoms with Crippen LogP contribution in [-0.4, -0.2) is 343 Å². The van der Waals surface area contributed by atoms with E-state index in [0.29, 0.717) is 13.0 Å². The molecule has 0 radical (unpaired) electrons. The van der Waals surface area contributed by atoms with Gasteiger partial charge < -0.3 is 153 Å². The van der Waals surface area contributed by atoms with E-state index in [1.165, 1.54) is 0 Å². The van der Waals surface area contributed by atoms with Crippen LogP contribution in [0.5, 0.6) is 0 Å². The van der Waals surface area contributed by atoms with Crippen molar-refractivity contribution in [1.29, 1.82) is 0 Å². The number of ether oxygens (including phenoxy) is 13. The minimum atomic E-state index is -2.14. The molecule has 12 bridgehead atoms. The molecular formula is C41H71NO30. The Kier molecular flexibility index (Phi) is 20.7. The molecule has 0 amide bonds. The molecule has 22 rings (SSSR count). The van der Waals surface area contributed by atoms with E-state index in [1.54, 1.807) is 14.1 Å². The number of hydrogen-bond donors (Lipinski definition) is 17. The van der Waals surface area contributed by atoms with Gasteiger partial charge in [-0.2, -0.15) is 0 Å². The van der Waals surface area contributed by atoms with Gasteiger partial charge >= 0.3 is 0 Å². The molecule has 0 aromatic heterocycles. The first-order valence-electron chi connectivity index (χ1n) is 23.6. The SMILES string of the molecule is CN(C)CCCO[C@@H]1[C@@H](O)[C@H]2O[C@H]3[C@H](O)[C@@H](O)[C@@H](O[C@H]4[C@H](O)[C@@H](O)[C@@H](O[C@H]5[C@H](O)[C@@H](O)[C@@H](O[C@H]6[C@H](O)[C@@H](O)[C@@H](O[C@H]7[C@H](O)[C@@H](O)[C@@H](O[C@H]1[C@@H](CO)O2)O[C@@H]7CO)O[C@@H]6CO)O[C@@H]5CO)O[C@@H]4CO)O[C@@H]3CO. The zero-order chi connectivity index (χ0) is 52.5. The lowest BCUT2D eigenvalue weighted by atomic mass is 9.94. The summed E-state index contributed by atoms with van der Waals surface area (Å²) in [4.78, 5) is 1.83. The van der Waals surface area contributed by atoms with Gasteiger partial charge in [-0.05, 0) is 27.1 Å². The number of aliphatic hydroxyl groups excluding tert-OH is 17. The number of rotatable bonds is 11. The monoisotopic (exact) mass is 1060 g/mol. The van der Waals surface area contributed by atoms with Gasteiger partial charge in [-0.25, -0.2) is 0 Å². The van der Waals surface area contributed by atoms with E-state index in [9.17, 15) is 86.8 Å². The van der Waals surface area contributed by atoms with Crippen LogP contribution in [0.4, 0.5) is 0 Å². The van der Waals surface area contributed by atoms with E-state index in [0.717, 1.165) is 0 Å². The van der Waals surface area contributed by atoms with Crippen LogP contribution in [0.2, 0.25) is 0 Å². The number of aliphatic hydroxyl groups is 17. The lowest BCUT2D eigenvalue weighted by Crippen LogP contribution is -2.69. The molecule has 22 saturated heterocycles. The van der Waals surface area contributed by atoms with Crippen LogP contribution in [0.1, 0.15) is 6.42 Å². The first kappa shape index (κ1) is 58.4. The van der Waals surface area contributed by atoms with Crippen molar-refractivity contribution in [1.82, 2.24) is 4.90 Å². The highest BCUT2D eigenvalue weighted by Gasteiger charge is 2.59. The summed E-state index contributed by atoms with van der Waals surface area (Å²) in [6.07, 6.45) is -56.5. The summed E-state index contributed by atoms with van der Waals surface area (Å²) in [6, 6.07) is 0. The molecule has 31 heteroatoms. The predicted octanol–water partition coefficient (Wildman–Crippen LogP) is -12.1. The number of nitrogens with zero attached hydrogens (tertiary/aromatic N) is 1. The van der Waals surface area contributed by atoms with Gasteiger partial charge in [0.15, 0.2) is 37.7 Å². The third-order valence-corrected chi connectivity index (χ3v) is 13.7. The molecule has 0 aliphatic carbocycles. The fourth-order valence-electron chi connectivity index (χ4n) is 9.70. The lowest BCUT2D eigenvalue weighted by Gasteiger charge is -2.51. The zero-order valence-corrected chi connectivity index (χ0v) is 39.0. The first-order chi connectivity index (χ1) is 34.3. The molecule has 22 aliphatic rings. The summed E-state index contributed by atoms with van der Waals surface area (Å²) in [6.45, 7) is -5.41. The second-order valence-corrected chi connectivity index (χ2v) is 18.8. The van der Waals surface area contributed by atoms with Crippen molar-refractivity contribution in [2.24, 2.45) is 0 Å². The van der Waals surface area contributed by atoms with Gasteiger partial charge in [0.05, 0.1) is 39.6 Å². The molecule has 0 saturated carbocycles. The van der Waals surface area contributed by atoms with E-state index < -0.39 is 224 Å². The Morgan fingerprint density at radius 3 is 0.764 bits per heavy atom. The fraction of sp³-hybridized carbons (Fsp3) is 1.00. The standard InChI is InChI=1S/C41H71NO30/c1-42(2)4-3-5-60-35-28(59)41-66-17(11-48)34(35)72-40-27(58)22(53)32(15(9-46)65-40)70-38-25(56)20(51)30(13(7-44)63-38)68-36-23(54)18(49)29(12(6-43)61-36)67-37-24(55)19(50)31(14(8-45)62-37)69-39-26(57)21(52)33(71-41)16(10-47)64-39/h12-41,43-59H,3-11H2,1-2H3/t12-,13-,14-,15-,16-,17-,18-,19-,20-,21-,22-,23-,24-,25-,26-,27-,28-,29-,30-,31-,32-,33-,34+,35-,36-,37-,38-,39-,40-,41-/m1/s1. The third-order valence-electron chi connectivity index (χ3n) is 13.7. The van der Waals surface area contributed by atoms with Gasteiger partial charge in [-0.1, -0.05) is 0 Å². The number of hydrogen-bond acceptors (Lipinski definition) is 31. The van der Waals surface area contributed by atoms with Gasteiger partial charge in [0.25, 0.3) is 0 Å². The summed E-state index contributed by atoms with van der Waals surface area (Å²) < 4.78 is 75.7. The normalized spacial score (nSPS) is 51.8. The van der Waals surface area contributed by atoms with Crippen LogP contribution in [0.3, 0.4) is 0 Å². The van der Waals surface area contributed by atoms with Crippen molar-refractivity contribution in [3.05, 3.63) is 0 Å². The molecule has 72 heavy (non-hydrogen) atoms. The van der Waals surface area contributed by atoms with E-state index in [1.807, 2.05) is 4.90 Å². The van der Waals surface area contributed by atoms with Crippen LogP contribution in [-0.2, 0) is 61.6 Å². The van der Waals surface area contributed by atoms with Crippen molar-refractivity contribution < 1.29 is 148 Å². The Morgan fingerprint density at radius 1 is 0.306 bits per heavy atom. The Labute approximate surface area is 410 Å². The smallest absolute Gasteiger partial charge is 0.187 e. The zero-order valence-electron chi connectivity index (χ0n) is 39.0. The van der Waals surface area contributed by atoms with Crippen molar-refractivity contribution in [2.75, 3.05) is 66.9 Å². The van der Waals surface area contributed by atoms with Crippen LogP contribution < -0.4 is 0 Å². The summed E-state index contributed by atoms with van der Waals surface area (Å²) in [5.41, 5.74) is 0. The largest absolute Gasteiger partial charge is 0.394 e. The summed E-state index contributed by atoms with van der Waals surface area (Å²) in [7, 11) is 3.58. The molecule has 17 N–H and O–H groups in total. The predicted molar refractivity (Wildman–Crippen MR) is 223 cm³/mol. The molecule has 0 aromatic rings. The third kappa shape index (κ3) is 12.1. The van der Waals surface area contributed by atoms with Gasteiger partial charge in [-0.15, -0.1) is 0 Å². The first-order valence-corrected chi connectivity index (χ1v) is 23.6. The van der Waals surface area contributed by atoms with Crippen molar-refractivity contribution in [3.63, 3.8) is 0 Å². The maximum Gasteiger partial charge on any atom is 0.187 e. The van der Waals surface area contributed by atoms with Gasteiger partial charge in [0.1, 0.15) is 146 Å². The minimum Gasteiger partial charge on any atom is -0.394 e. The van der Waals surface area contributed by atoms with Gasteiger partial charge in [-0.3, -0.25) is 0 Å². The molecule has 22 aliphatic heterocycles. The van der Waals surface area contributed by atoms with Crippen molar-refractivity contribution >= 4 is 0 Å². The Morgan fingerprint density at radius 2 is 0.528 bits per heavy atom. The molecule has 0 aromatic carbocycles. The van der Waals surface area contributed by atoms with Crippen LogP contribution in [0.25, 0.3) is 0 Å². The topological polar surface area (TPSA) is 467 Å². The molecule has 0 unspecified atom stereocenters. The van der Waals surface area contributed by atoms with E-state index in [2.05, 4.69) is 0 Å². The Hall–Kier alpha value is -1.24. The quantitative estimate of drug-likeness (QED) is 0.0854. The average molecular weight is 1060 g/mol. The maximum atomic E-state index is 11.8. The van der Waals surface area contributed by atoms with E-state index in [-0.39, 0.29) is 6.61 Å². The Balaban J connectivity index is 1.21. The lowest BCUT2D eigenvalue weighted by molar-refractivity contribution is -0.404. The van der Waals surface area contributed by atoms with Crippen molar-refractivity contribution in [2.45, 2.75) is 191 Å². The van der Waals surface area contributed by atoms with Crippen molar-refractivity contribution in [3.8, 4) is 0 Å². The molecule has 420 valence electrons. The minimum absolute atomic E-state index is 0.0773. The van der Waals surface area contributed by atoms with Crippen LogP contribution in [0.15, 0.2) is 0 Å². The highest BCUT2D eigenvalue weighted by atomic mass is 16.8. The van der Waals surface area contributed by atoms with Gasteiger partial charge in [0, 0.05) is 6.61 Å². The highest BCUT2D eigenvalue weighted by molar-refractivity contribution is 5.01. The molecular weight excluding hydrogens is 986 g/mol. The molecule has 0 spiro atoms. The summed E-state index contributed by atoms with van der Waals surface area (Å²) >= 11 is 0. The average Bonchev–Trinajstić information content (AvgIpc) is 3.36.